The highest BCUT2D eigenvalue weighted by molar-refractivity contribution is 5.69. The molecular weight excluding hydrogens is 436 g/mol. The van der Waals surface area contributed by atoms with Crippen molar-refractivity contribution in [3.8, 4) is 0 Å². The Balaban J connectivity index is 3.47. The quantitative estimate of drug-likeness (QED) is 0.0835. The number of hydrogen-bond donors (Lipinski definition) is 1. The number of unbranched alkanes of at least 4 members (excludes halogenated alkanes) is 8. The van der Waals surface area contributed by atoms with Crippen LogP contribution in [0.1, 0.15) is 129 Å². The van der Waals surface area contributed by atoms with Crippen molar-refractivity contribution in [2.24, 2.45) is 0 Å². The molecule has 1 atom stereocenters. The zero-order chi connectivity index (χ0) is 25.8. The molecular formula is C31H52O4. The van der Waals surface area contributed by atoms with Crippen LogP contribution in [0.4, 0.5) is 0 Å². The molecule has 1 unspecified atom stereocenters. The van der Waals surface area contributed by atoms with Gasteiger partial charge in [0.2, 0.25) is 0 Å². The average Bonchev–Trinajstić information content (AvgIpc) is 2.84. The molecule has 0 spiro atoms. The van der Waals surface area contributed by atoms with Gasteiger partial charge in [-0.05, 0) is 64.2 Å². The molecule has 0 radical (unpaired) electrons. The van der Waals surface area contributed by atoms with Crippen LogP contribution in [0.15, 0.2) is 48.6 Å². The molecule has 0 bridgehead atoms. The number of hydrogen-bond acceptors (Lipinski definition) is 3. The molecule has 0 aliphatic heterocycles. The van der Waals surface area contributed by atoms with Crippen LogP contribution in [-0.4, -0.2) is 23.1 Å². The number of carboxylic acids is 1. The summed E-state index contributed by atoms with van der Waals surface area (Å²) in [6.45, 7) is 4.13. The van der Waals surface area contributed by atoms with E-state index in [4.69, 9.17) is 9.84 Å². The fourth-order valence-corrected chi connectivity index (χ4v) is 3.76. The van der Waals surface area contributed by atoms with Gasteiger partial charge in [0.25, 0.3) is 0 Å². The van der Waals surface area contributed by atoms with Gasteiger partial charge in [0.05, 0.1) is 0 Å². The Bertz CT molecular complexity index is 615. The summed E-state index contributed by atoms with van der Waals surface area (Å²) in [4.78, 5) is 22.5. The van der Waals surface area contributed by atoms with Crippen LogP contribution in [0.25, 0.3) is 0 Å². The van der Waals surface area contributed by atoms with Gasteiger partial charge in [-0.1, -0.05) is 101 Å². The van der Waals surface area contributed by atoms with Crippen molar-refractivity contribution in [3.63, 3.8) is 0 Å². The van der Waals surface area contributed by atoms with E-state index in [1.54, 1.807) is 0 Å². The van der Waals surface area contributed by atoms with Crippen molar-refractivity contribution in [2.75, 3.05) is 0 Å². The van der Waals surface area contributed by atoms with Crippen molar-refractivity contribution < 1.29 is 19.4 Å². The molecule has 0 saturated carbocycles. The first-order chi connectivity index (χ1) is 17.1. The summed E-state index contributed by atoms with van der Waals surface area (Å²) in [5.74, 6) is -0.931. The van der Waals surface area contributed by atoms with Gasteiger partial charge >= 0.3 is 11.9 Å². The summed E-state index contributed by atoms with van der Waals surface area (Å²) < 4.78 is 5.48. The van der Waals surface area contributed by atoms with Crippen LogP contribution < -0.4 is 0 Å². The lowest BCUT2D eigenvalue weighted by Crippen LogP contribution is -2.17. The molecule has 0 saturated heterocycles. The normalized spacial score (nSPS) is 13.0. The molecule has 0 aliphatic rings. The maximum Gasteiger partial charge on any atom is 0.306 e. The van der Waals surface area contributed by atoms with E-state index in [2.05, 4.69) is 55.5 Å². The molecule has 0 rings (SSSR count). The number of allylic oxidation sites excluding steroid dienone is 8. The third kappa shape index (κ3) is 26.3. The van der Waals surface area contributed by atoms with Crippen LogP contribution in [0.3, 0.4) is 0 Å². The smallest absolute Gasteiger partial charge is 0.306 e. The summed E-state index contributed by atoms with van der Waals surface area (Å²) in [5.41, 5.74) is 0. The van der Waals surface area contributed by atoms with Crippen LogP contribution in [-0.2, 0) is 14.3 Å². The van der Waals surface area contributed by atoms with Gasteiger partial charge in [-0.25, -0.2) is 0 Å². The molecule has 4 heteroatoms. The lowest BCUT2D eigenvalue weighted by Gasteiger charge is -2.15. The van der Waals surface area contributed by atoms with Crippen molar-refractivity contribution in [1.29, 1.82) is 0 Å². The lowest BCUT2D eigenvalue weighted by molar-refractivity contribution is -0.149. The molecule has 1 N–H and O–H groups in total. The van der Waals surface area contributed by atoms with Gasteiger partial charge in [0.15, 0.2) is 0 Å². The highest BCUT2D eigenvalue weighted by Crippen LogP contribution is 2.13. The Hall–Kier alpha value is -2.10. The fourth-order valence-electron chi connectivity index (χ4n) is 3.76. The topological polar surface area (TPSA) is 63.6 Å². The summed E-state index contributed by atoms with van der Waals surface area (Å²) in [7, 11) is 0. The summed E-state index contributed by atoms with van der Waals surface area (Å²) >= 11 is 0. The Morgan fingerprint density at radius 1 is 0.657 bits per heavy atom. The number of aliphatic carboxylic acids is 1. The Kier molecular flexibility index (Phi) is 24.9. The minimum absolute atomic E-state index is 0.136. The number of carbonyl (C=O) groups excluding carboxylic acids is 1. The standard InChI is InChI=1S/C31H52O4/c1-3-5-6-7-8-9-10-11-12-13-14-15-16-17-18-19-20-21-22-23-24-28-31(34)35-29(4-2)26-25-27-30(32)33/h5-6,8-9,11-12,14-15,29H,3-4,7,10,13,16-28H2,1-2H3,(H,32,33)/b6-5-,9-8-,12-11-,15-14-. The molecule has 0 aromatic heterocycles. The third-order valence-corrected chi connectivity index (χ3v) is 5.89. The summed E-state index contributed by atoms with van der Waals surface area (Å²) in [5, 5.41) is 8.70. The SMILES string of the molecule is CC/C=C\C/C=C\C/C=C\C/C=C\CCCCCCCCCCC(=O)OC(CC)CCCC(=O)O. The molecule has 35 heavy (non-hydrogen) atoms. The zero-order valence-electron chi connectivity index (χ0n) is 22.6. The molecule has 0 amide bonds. The van der Waals surface area contributed by atoms with Gasteiger partial charge in [0, 0.05) is 12.8 Å². The number of ether oxygens (including phenoxy) is 1. The van der Waals surface area contributed by atoms with Crippen molar-refractivity contribution in [3.05, 3.63) is 48.6 Å². The maximum atomic E-state index is 12.0. The molecule has 4 nitrogen and oxygen atoms in total. The van der Waals surface area contributed by atoms with Gasteiger partial charge < -0.3 is 9.84 Å². The van der Waals surface area contributed by atoms with E-state index in [1.807, 2.05) is 6.92 Å². The summed E-state index contributed by atoms with van der Waals surface area (Å²) in [6.07, 6.45) is 35.2. The highest BCUT2D eigenvalue weighted by atomic mass is 16.5. The van der Waals surface area contributed by atoms with Crippen molar-refractivity contribution in [1.82, 2.24) is 0 Å². The number of carbonyl (C=O) groups is 2. The van der Waals surface area contributed by atoms with E-state index in [-0.39, 0.29) is 18.5 Å². The Morgan fingerprint density at radius 3 is 1.71 bits per heavy atom. The molecule has 0 fully saturated rings. The predicted octanol–water partition coefficient (Wildman–Crippen LogP) is 9.27. The fraction of sp³-hybridized carbons (Fsp3) is 0.677. The van der Waals surface area contributed by atoms with Gasteiger partial charge in [-0.15, -0.1) is 0 Å². The van der Waals surface area contributed by atoms with Crippen molar-refractivity contribution >= 4 is 11.9 Å². The maximum absolute atomic E-state index is 12.0. The Morgan fingerprint density at radius 2 is 1.17 bits per heavy atom. The summed E-state index contributed by atoms with van der Waals surface area (Å²) in [6, 6.07) is 0. The average molecular weight is 489 g/mol. The van der Waals surface area contributed by atoms with Crippen molar-refractivity contribution in [2.45, 2.75) is 136 Å². The predicted molar refractivity (Wildman–Crippen MR) is 149 cm³/mol. The van der Waals surface area contributed by atoms with E-state index in [1.165, 1.54) is 44.9 Å². The monoisotopic (exact) mass is 488 g/mol. The van der Waals surface area contributed by atoms with E-state index in [0.717, 1.165) is 44.9 Å². The molecule has 0 aliphatic carbocycles. The first-order valence-electron chi connectivity index (χ1n) is 14.1. The second kappa shape index (κ2) is 26.5. The molecule has 200 valence electrons. The first-order valence-corrected chi connectivity index (χ1v) is 14.1. The van der Waals surface area contributed by atoms with Crippen LogP contribution in [0.2, 0.25) is 0 Å². The molecule has 0 heterocycles. The second-order valence-corrected chi connectivity index (χ2v) is 9.17. The third-order valence-electron chi connectivity index (χ3n) is 5.89. The second-order valence-electron chi connectivity index (χ2n) is 9.17. The number of rotatable bonds is 24. The van der Waals surface area contributed by atoms with E-state index in [9.17, 15) is 9.59 Å². The highest BCUT2D eigenvalue weighted by Gasteiger charge is 2.12. The molecule has 0 aromatic carbocycles. The number of esters is 1. The first kappa shape index (κ1) is 32.9. The van der Waals surface area contributed by atoms with Gasteiger partial charge in [-0.2, -0.15) is 0 Å². The minimum Gasteiger partial charge on any atom is -0.481 e. The van der Waals surface area contributed by atoms with Crippen LogP contribution in [0, 0.1) is 0 Å². The zero-order valence-corrected chi connectivity index (χ0v) is 22.6. The largest absolute Gasteiger partial charge is 0.481 e. The minimum atomic E-state index is -0.794. The van der Waals surface area contributed by atoms with E-state index < -0.39 is 5.97 Å². The number of carboxylic acid groups (broad SMARTS) is 1. The lowest BCUT2D eigenvalue weighted by atomic mass is 10.1. The van der Waals surface area contributed by atoms with Gasteiger partial charge in [-0.3, -0.25) is 9.59 Å². The van der Waals surface area contributed by atoms with E-state index >= 15 is 0 Å². The van der Waals surface area contributed by atoms with E-state index in [0.29, 0.717) is 19.3 Å². The van der Waals surface area contributed by atoms with Crippen LogP contribution in [0.5, 0.6) is 0 Å². The Labute approximate surface area is 215 Å². The molecule has 0 aromatic rings. The van der Waals surface area contributed by atoms with Gasteiger partial charge in [0.1, 0.15) is 6.10 Å². The van der Waals surface area contributed by atoms with Crippen LogP contribution >= 0.6 is 0 Å².